The Balaban J connectivity index is 1.67. The maximum atomic E-state index is 12.4. The number of carbonyl (C=O) groups is 1. The molecular weight excluding hydrogens is 336 g/mol. The summed E-state index contributed by atoms with van der Waals surface area (Å²) in [6.45, 7) is 2.52. The normalized spacial score (nSPS) is 10.3. The molecule has 0 spiro atoms. The van der Waals surface area contributed by atoms with Crippen molar-refractivity contribution >= 4 is 29.0 Å². The highest BCUT2D eigenvalue weighted by atomic mass is 35.5. The van der Waals surface area contributed by atoms with Crippen molar-refractivity contribution in [2.45, 2.75) is 13.5 Å². The van der Waals surface area contributed by atoms with Gasteiger partial charge in [-0.3, -0.25) is 4.79 Å². The maximum absolute atomic E-state index is 12.4. The monoisotopic (exact) mass is 352 g/mol. The fourth-order valence-electron chi connectivity index (χ4n) is 2.23. The van der Waals surface area contributed by atoms with Crippen molar-refractivity contribution in [1.82, 2.24) is 9.97 Å². The zero-order chi connectivity index (χ0) is 17.6. The zero-order valence-electron chi connectivity index (χ0n) is 13.7. The number of anilines is 2. The number of amides is 1. The van der Waals surface area contributed by atoms with Gasteiger partial charge in [-0.2, -0.15) is 0 Å². The summed E-state index contributed by atoms with van der Waals surface area (Å²) in [4.78, 5) is 20.5. The first-order valence-corrected chi connectivity index (χ1v) is 8.17. The molecule has 2 N–H and O–H groups in total. The first-order valence-electron chi connectivity index (χ1n) is 7.79. The molecule has 1 amide bonds. The van der Waals surface area contributed by atoms with E-state index in [1.807, 2.05) is 43.3 Å². The Labute approximate surface area is 151 Å². The molecule has 1 aromatic heterocycles. The number of halogens is 1. The Hall–Kier alpha value is -2.92. The topological polar surface area (TPSA) is 66.9 Å². The standard InChI is InChI=1S/C19H17ClN4O/c1-13-7-8-15(9-16(13)20)24-19(25)17-10-18(23-12-22-17)21-11-14-5-3-2-4-6-14/h2-10,12H,11H2,1H3,(H,24,25)(H,21,22,23). The van der Waals surface area contributed by atoms with Gasteiger partial charge in [0.15, 0.2) is 0 Å². The van der Waals surface area contributed by atoms with Crippen molar-refractivity contribution < 1.29 is 4.79 Å². The van der Waals surface area contributed by atoms with Gasteiger partial charge in [0.1, 0.15) is 17.8 Å². The second-order valence-corrected chi connectivity index (χ2v) is 5.95. The Morgan fingerprint density at radius 3 is 2.64 bits per heavy atom. The van der Waals surface area contributed by atoms with Crippen LogP contribution in [0.1, 0.15) is 21.6 Å². The van der Waals surface area contributed by atoms with E-state index >= 15 is 0 Å². The molecule has 3 aromatic rings. The minimum absolute atomic E-state index is 0.280. The van der Waals surface area contributed by atoms with Crippen LogP contribution in [0.5, 0.6) is 0 Å². The molecule has 0 bridgehead atoms. The van der Waals surface area contributed by atoms with Gasteiger partial charge < -0.3 is 10.6 Å². The van der Waals surface area contributed by atoms with Crippen LogP contribution in [0.4, 0.5) is 11.5 Å². The van der Waals surface area contributed by atoms with Crippen LogP contribution in [0.15, 0.2) is 60.9 Å². The van der Waals surface area contributed by atoms with E-state index < -0.39 is 0 Å². The van der Waals surface area contributed by atoms with E-state index in [2.05, 4.69) is 20.6 Å². The first kappa shape index (κ1) is 16.9. The smallest absolute Gasteiger partial charge is 0.274 e. The number of hydrogen-bond donors (Lipinski definition) is 2. The maximum Gasteiger partial charge on any atom is 0.274 e. The Kier molecular flexibility index (Phi) is 5.26. The third kappa shape index (κ3) is 4.55. The molecule has 0 saturated carbocycles. The molecule has 126 valence electrons. The van der Waals surface area contributed by atoms with Crippen LogP contribution < -0.4 is 10.6 Å². The third-order valence-electron chi connectivity index (χ3n) is 3.65. The van der Waals surface area contributed by atoms with Crippen LogP contribution in [-0.4, -0.2) is 15.9 Å². The highest BCUT2D eigenvalue weighted by Gasteiger charge is 2.10. The van der Waals surface area contributed by atoms with Crippen molar-refractivity contribution in [3.8, 4) is 0 Å². The molecular formula is C19H17ClN4O. The Bertz CT molecular complexity index is 884. The number of benzene rings is 2. The van der Waals surface area contributed by atoms with E-state index in [0.717, 1.165) is 11.1 Å². The molecule has 0 aliphatic heterocycles. The van der Waals surface area contributed by atoms with Crippen LogP contribution in [-0.2, 0) is 6.54 Å². The van der Waals surface area contributed by atoms with Crippen LogP contribution in [0, 0.1) is 6.92 Å². The second kappa shape index (κ2) is 7.77. The van der Waals surface area contributed by atoms with Crippen molar-refractivity contribution in [2.75, 3.05) is 10.6 Å². The summed E-state index contributed by atoms with van der Waals surface area (Å²) in [5, 5.41) is 6.57. The number of hydrogen-bond acceptors (Lipinski definition) is 4. The summed E-state index contributed by atoms with van der Waals surface area (Å²) in [5.74, 6) is 0.274. The lowest BCUT2D eigenvalue weighted by Crippen LogP contribution is -2.14. The zero-order valence-corrected chi connectivity index (χ0v) is 14.4. The van der Waals surface area contributed by atoms with Crippen LogP contribution >= 0.6 is 11.6 Å². The van der Waals surface area contributed by atoms with E-state index in [0.29, 0.717) is 23.1 Å². The summed E-state index contributed by atoms with van der Waals surface area (Å²) in [6, 6.07) is 16.9. The fourth-order valence-corrected chi connectivity index (χ4v) is 2.41. The predicted molar refractivity (Wildman–Crippen MR) is 99.9 cm³/mol. The number of nitrogens with zero attached hydrogens (tertiary/aromatic N) is 2. The number of aryl methyl sites for hydroxylation is 1. The number of nitrogens with one attached hydrogen (secondary N) is 2. The van der Waals surface area contributed by atoms with Gasteiger partial charge in [-0.1, -0.05) is 48.0 Å². The van der Waals surface area contributed by atoms with Gasteiger partial charge in [0, 0.05) is 23.3 Å². The Morgan fingerprint density at radius 2 is 1.88 bits per heavy atom. The van der Waals surface area contributed by atoms with E-state index in [-0.39, 0.29) is 11.6 Å². The predicted octanol–water partition coefficient (Wildman–Crippen LogP) is 4.30. The summed E-state index contributed by atoms with van der Waals surface area (Å²) in [7, 11) is 0. The number of aromatic nitrogens is 2. The highest BCUT2D eigenvalue weighted by Crippen LogP contribution is 2.20. The quantitative estimate of drug-likeness (QED) is 0.718. The Morgan fingerprint density at radius 1 is 1.08 bits per heavy atom. The van der Waals surface area contributed by atoms with E-state index in [9.17, 15) is 4.79 Å². The number of rotatable bonds is 5. The molecule has 6 heteroatoms. The number of carbonyl (C=O) groups excluding carboxylic acids is 1. The van der Waals surface area contributed by atoms with Gasteiger partial charge in [0.25, 0.3) is 5.91 Å². The van der Waals surface area contributed by atoms with Gasteiger partial charge in [0.05, 0.1) is 0 Å². The molecule has 0 saturated heterocycles. The highest BCUT2D eigenvalue weighted by molar-refractivity contribution is 6.31. The molecule has 2 aromatic carbocycles. The van der Waals surface area contributed by atoms with Gasteiger partial charge in [-0.05, 0) is 30.2 Å². The summed E-state index contributed by atoms with van der Waals surface area (Å²) >= 11 is 6.08. The molecule has 0 unspecified atom stereocenters. The molecule has 1 heterocycles. The lowest BCUT2D eigenvalue weighted by Gasteiger charge is -2.08. The van der Waals surface area contributed by atoms with E-state index in [1.165, 1.54) is 6.33 Å². The summed E-state index contributed by atoms with van der Waals surface area (Å²) in [6.07, 6.45) is 1.37. The van der Waals surface area contributed by atoms with Gasteiger partial charge >= 0.3 is 0 Å². The van der Waals surface area contributed by atoms with Crippen LogP contribution in [0.25, 0.3) is 0 Å². The van der Waals surface area contributed by atoms with E-state index in [1.54, 1.807) is 18.2 Å². The third-order valence-corrected chi connectivity index (χ3v) is 4.05. The average Bonchev–Trinajstić information content (AvgIpc) is 2.64. The average molecular weight is 353 g/mol. The second-order valence-electron chi connectivity index (χ2n) is 5.55. The van der Waals surface area contributed by atoms with E-state index in [4.69, 9.17) is 11.6 Å². The molecule has 25 heavy (non-hydrogen) atoms. The van der Waals surface area contributed by atoms with Crippen molar-refractivity contribution in [2.24, 2.45) is 0 Å². The minimum atomic E-state index is -0.315. The van der Waals surface area contributed by atoms with Gasteiger partial charge in [-0.25, -0.2) is 9.97 Å². The van der Waals surface area contributed by atoms with Gasteiger partial charge in [-0.15, -0.1) is 0 Å². The fraction of sp³-hybridized carbons (Fsp3) is 0.105. The van der Waals surface area contributed by atoms with Crippen molar-refractivity contribution in [3.63, 3.8) is 0 Å². The van der Waals surface area contributed by atoms with Crippen LogP contribution in [0.2, 0.25) is 5.02 Å². The molecule has 0 fully saturated rings. The summed E-state index contributed by atoms with van der Waals surface area (Å²) < 4.78 is 0. The SMILES string of the molecule is Cc1ccc(NC(=O)c2cc(NCc3ccccc3)ncn2)cc1Cl. The lowest BCUT2D eigenvalue weighted by atomic mass is 10.2. The van der Waals surface area contributed by atoms with Crippen molar-refractivity contribution in [1.29, 1.82) is 0 Å². The molecule has 5 nitrogen and oxygen atoms in total. The first-order chi connectivity index (χ1) is 12.1. The molecule has 0 aliphatic carbocycles. The minimum Gasteiger partial charge on any atom is -0.366 e. The molecule has 0 radical (unpaired) electrons. The summed E-state index contributed by atoms with van der Waals surface area (Å²) in [5.41, 5.74) is 2.98. The largest absolute Gasteiger partial charge is 0.366 e. The molecule has 3 rings (SSSR count). The lowest BCUT2D eigenvalue weighted by molar-refractivity contribution is 0.102. The molecule has 0 aliphatic rings. The van der Waals surface area contributed by atoms with Crippen LogP contribution in [0.3, 0.4) is 0 Å². The van der Waals surface area contributed by atoms with Gasteiger partial charge in [0.2, 0.25) is 0 Å². The molecule has 0 atom stereocenters. The van der Waals surface area contributed by atoms with Crippen molar-refractivity contribution in [3.05, 3.63) is 82.8 Å².